The number of carbonyl (C=O) groups is 1. The Morgan fingerprint density at radius 3 is 2.17 bits per heavy atom. The Bertz CT molecular complexity index is 1040. The molecule has 0 saturated carbocycles. The van der Waals surface area contributed by atoms with Gasteiger partial charge in [-0.05, 0) is 36.0 Å². The number of benzene rings is 2. The highest BCUT2D eigenvalue weighted by molar-refractivity contribution is 6.33. The second-order valence-corrected chi connectivity index (χ2v) is 8.27. The van der Waals surface area contributed by atoms with E-state index in [0.717, 1.165) is 22.4 Å². The average molecular weight is 423 g/mol. The summed E-state index contributed by atoms with van der Waals surface area (Å²) in [7, 11) is 0. The maximum atomic E-state index is 13.0. The van der Waals surface area contributed by atoms with Crippen molar-refractivity contribution in [3.63, 3.8) is 0 Å². The summed E-state index contributed by atoms with van der Waals surface area (Å²) in [5, 5.41) is 6.53. The number of halogens is 1. The Kier molecular flexibility index (Phi) is 6.73. The Morgan fingerprint density at radius 2 is 1.57 bits per heavy atom. The smallest absolute Gasteiger partial charge is 0.307 e. The maximum Gasteiger partial charge on any atom is 0.323 e. The van der Waals surface area contributed by atoms with Crippen molar-refractivity contribution in [3.8, 4) is 11.3 Å². The second kappa shape index (κ2) is 9.26. The molecule has 0 saturated heterocycles. The maximum absolute atomic E-state index is 13.0. The molecule has 1 heterocycles. The first-order valence-corrected chi connectivity index (χ1v) is 10.4. The van der Waals surface area contributed by atoms with E-state index in [9.17, 15) is 4.79 Å². The standard InChI is InChI=1S/C24H27ClN4O/c1-14(2)17-10-8-11-18(15(3)4)22(17)29-24(30)28-21-13-26-16(5)27-23(21)19-9-6-7-12-20(19)25/h6-15H,1-5H3,(H2,28,29,30). The number of anilines is 2. The number of nitrogens with one attached hydrogen (secondary N) is 2. The van der Waals surface area contributed by atoms with Crippen molar-refractivity contribution in [2.45, 2.75) is 46.5 Å². The highest BCUT2D eigenvalue weighted by atomic mass is 35.5. The van der Waals surface area contributed by atoms with Crippen LogP contribution >= 0.6 is 11.6 Å². The Morgan fingerprint density at radius 1 is 0.933 bits per heavy atom. The van der Waals surface area contributed by atoms with Crippen molar-refractivity contribution < 1.29 is 4.79 Å². The van der Waals surface area contributed by atoms with Gasteiger partial charge in [-0.1, -0.05) is 75.7 Å². The molecule has 0 atom stereocenters. The number of para-hydroxylation sites is 1. The van der Waals surface area contributed by atoms with Crippen molar-refractivity contribution >= 4 is 29.0 Å². The minimum absolute atomic E-state index is 0.278. The molecule has 2 amide bonds. The molecular weight excluding hydrogens is 396 g/mol. The van der Waals surface area contributed by atoms with E-state index >= 15 is 0 Å². The van der Waals surface area contributed by atoms with Crippen molar-refractivity contribution in [2.24, 2.45) is 0 Å². The lowest BCUT2D eigenvalue weighted by Gasteiger charge is -2.20. The van der Waals surface area contributed by atoms with E-state index < -0.39 is 0 Å². The minimum atomic E-state index is -0.342. The number of aromatic nitrogens is 2. The van der Waals surface area contributed by atoms with E-state index in [1.807, 2.05) is 24.3 Å². The highest BCUT2D eigenvalue weighted by Crippen LogP contribution is 2.34. The number of nitrogens with zero attached hydrogens (tertiary/aromatic N) is 2. The molecule has 0 radical (unpaired) electrons. The molecule has 0 fully saturated rings. The summed E-state index contributed by atoms with van der Waals surface area (Å²) in [5.74, 6) is 1.16. The SMILES string of the molecule is Cc1ncc(NC(=O)Nc2c(C(C)C)cccc2C(C)C)c(-c2ccccc2Cl)n1. The average Bonchev–Trinajstić information content (AvgIpc) is 2.69. The normalized spacial score (nSPS) is 11.1. The number of urea groups is 1. The number of hydrogen-bond acceptors (Lipinski definition) is 3. The van der Waals surface area contributed by atoms with Crippen LogP contribution in [-0.2, 0) is 0 Å². The summed E-state index contributed by atoms with van der Waals surface area (Å²) in [4.78, 5) is 21.7. The van der Waals surface area contributed by atoms with Crippen LogP contribution < -0.4 is 10.6 Å². The summed E-state index contributed by atoms with van der Waals surface area (Å²) < 4.78 is 0. The molecule has 0 bridgehead atoms. The zero-order valence-corrected chi connectivity index (χ0v) is 18.7. The van der Waals surface area contributed by atoms with Crippen LogP contribution in [0.2, 0.25) is 5.02 Å². The Labute approximate surface area is 182 Å². The fraction of sp³-hybridized carbons (Fsp3) is 0.292. The zero-order valence-electron chi connectivity index (χ0n) is 18.0. The first-order valence-electron chi connectivity index (χ1n) is 10.1. The summed E-state index contributed by atoms with van der Waals surface area (Å²) in [5.41, 5.74) is 4.88. The van der Waals surface area contributed by atoms with Gasteiger partial charge in [0.2, 0.25) is 0 Å². The van der Waals surface area contributed by atoms with Crippen LogP contribution in [0.5, 0.6) is 0 Å². The minimum Gasteiger partial charge on any atom is -0.307 e. The molecule has 30 heavy (non-hydrogen) atoms. The largest absolute Gasteiger partial charge is 0.323 e. The van der Waals surface area contributed by atoms with E-state index in [4.69, 9.17) is 11.6 Å². The van der Waals surface area contributed by atoms with Gasteiger partial charge >= 0.3 is 6.03 Å². The van der Waals surface area contributed by atoms with Crippen LogP contribution in [0, 0.1) is 6.92 Å². The van der Waals surface area contributed by atoms with Crippen LogP contribution in [0.4, 0.5) is 16.2 Å². The topological polar surface area (TPSA) is 66.9 Å². The Hall–Kier alpha value is -2.92. The molecule has 3 aromatic rings. The van der Waals surface area contributed by atoms with Gasteiger partial charge in [-0.25, -0.2) is 14.8 Å². The summed E-state index contributed by atoms with van der Waals surface area (Å²) >= 11 is 6.37. The summed E-state index contributed by atoms with van der Waals surface area (Å²) in [6.07, 6.45) is 1.61. The quantitative estimate of drug-likeness (QED) is 0.465. The van der Waals surface area contributed by atoms with Crippen LogP contribution in [0.1, 0.15) is 56.5 Å². The fourth-order valence-corrected chi connectivity index (χ4v) is 3.61. The molecule has 1 aromatic heterocycles. The Balaban J connectivity index is 1.95. The van der Waals surface area contributed by atoms with Crippen LogP contribution in [-0.4, -0.2) is 16.0 Å². The number of rotatable bonds is 5. The fourth-order valence-electron chi connectivity index (χ4n) is 3.38. The van der Waals surface area contributed by atoms with Gasteiger partial charge in [0.15, 0.2) is 0 Å². The van der Waals surface area contributed by atoms with E-state index in [1.165, 1.54) is 0 Å². The van der Waals surface area contributed by atoms with Crippen LogP contribution in [0.15, 0.2) is 48.7 Å². The first kappa shape index (κ1) is 21.8. The van der Waals surface area contributed by atoms with Crippen molar-refractivity contribution in [1.29, 1.82) is 0 Å². The lowest BCUT2D eigenvalue weighted by Crippen LogP contribution is -2.22. The molecule has 6 heteroatoms. The molecule has 0 unspecified atom stereocenters. The third kappa shape index (κ3) is 4.79. The third-order valence-electron chi connectivity index (χ3n) is 4.90. The second-order valence-electron chi connectivity index (χ2n) is 7.86. The van der Waals surface area contributed by atoms with E-state index in [0.29, 0.717) is 22.2 Å². The van der Waals surface area contributed by atoms with Gasteiger partial charge in [0.25, 0.3) is 0 Å². The monoisotopic (exact) mass is 422 g/mol. The van der Waals surface area contributed by atoms with E-state index in [1.54, 1.807) is 19.2 Å². The van der Waals surface area contributed by atoms with Gasteiger partial charge < -0.3 is 10.6 Å². The molecule has 3 rings (SSSR count). The van der Waals surface area contributed by atoms with Crippen molar-refractivity contribution in [3.05, 3.63) is 70.6 Å². The molecule has 2 aromatic carbocycles. The first-order chi connectivity index (χ1) is 14.3. The molecule has 0 aliphatic heterocycles. The molecule has 5 nitrogen and oxygen atoms in total. The molecular formula is C24H27ClN4O. The van der Waals surface area contributed by atoms with Gasteiger partial charge in [-0.15, -0.1) is 0 Å². The highest BCUT2D eigenvalue weighted by Gasteiger charge is 2.18. The van der Waals surface area contributed by atoms with E-state index in [2.05, 4.69) is 60.4 Å². The number of carbonyl (C=O) groups excluding carboxylic acids is 1. The molecule has 156 valence electrons. The van der Waals surface area contributed by atoms with Gasteiger partial charge in [0.1, 0.15) is 5.82 Å². The lowest BCUT2D eigenvalue weighted by molar-refractivity contribution is 0.262. The predicted molar refractivity (Wildman–Crippen MR) is 124 cm³/mol. The van der Waals surface area contributed by atoms with Gasteiger partial charge in [-0.2, -0.15) is 0 Å². The molecule has 0 aliphatic rings. The van der Waals surface area contributed by atoms with E-state index in [-0.39, 0.29) is 17.9 Å². The zero-order chi connectivity index (χ0) is 21.8. The van der Waals surface area contributed by atoms with Crippen LogP contribution in [0.3, 0.4) is 0 Å². The van der Waals surface area contributed by atoms with Crippen molar-refractivity contribution in [1.82, 2.24) is 9.97 Å². The van der Waals surface area contributed by atoms with Gasteiger partial charge in [0.05, 0.1) is 22.6 Å². The molecule has 2 N–H and O–H groups in total. The molecule has 0 spiro atoms. The third-order valence-corrected chi connectivity index (χ3v) is 5.23. The lowest BCUT2D eigenvalue weighted by atomic mass is 9.93. The van der Waals surface area contributed by atoms with Gasteiger partial charge in [0, 0.05) is 11.3 Å². The van der Waals surface area contributed by atoms with Gasteiger partial charge in [-0.3, -0.25) is 0 Å². The predicted octanol–water partition coefficient (Wildman–Crippen LogP) is 7.00. The number of hydrogen-bond donors (Lipinski definition) is 2. The van der Waals surface area contributed by atoms with Crippen LogP contribution in [0.25, 0.3) is 11.3 Å². The van der Waals surface area contributed by atoms with Crippen molar-refractivity contribution in [2.75, 3.05) is 10.6 Å². The number of aryl methyl sites for hydroxylation is 1. The number of amides is 2. The molecule has 0 aliphatic carbocycles. The summed E-state index contributed by atoms with van der Waals surface area (Å²) in [6.45, 7) is 10.3. The summed E-state index contributed by atoms with van der Waals surface area (Å²) in [6, 6.07) is 13.2.